The average molecular weight is 298 g/mol. The van der Waals surface area contributed by atoms with Gasteiger partial charge in [-0.1, -0.05) is 19.1 Å². The molecule has 17 heavy (non-hydrogen) atoms. The number of aryl methyl sites for hydroxylation is 1. The van der Waals surface area contributed by atoms with E-state index in [1.54, 1.807) is 12.1 Å². The normalized spacial score (nSPS) is 12.7. The molecule has 0 radical (unpaired) electrons. The van der Waals surface area contributed by atoms with Crippen LogP contribution in [0.15, 0.2) is 39.2 Å². The Bertz CT molecular complexity index is 524. The Labute approximate surface area is 108 Å². The molecule has 0 amide bonds. The second-order valence-electron chi connectivity index (χ2n) is 3.78. The molecule has 0 aliphatic heterocycles. The van der Waals surface area contributed by atoms with Crippen LogP contribution in [0.3, 0.4) is 0 Å². The number of nitrogens with two attached hydrogens (primary N) is 1. The lowest BCUT2D eigenvalue weighted by atomic mass is 10.1. The Kier molecular flexibility index (Phi) is 3.64. The van der Waals surface area contributed by atoms with Gasteiger partial charge in [-0.25, -0.2) is 4.39 Å². The molecule has 1 unspecified atom stereocenters. The molecule has 0 fully saturated rings. The van der Waals surface area contributed by atoms with Crippen LogP contribution in [0.4, 0.5) is 4.39 Å². The summed E-state index contributed by atoms with van der Waals surface area (Å²) in [6.45, 7) is 2.01. The number of benzene rings is 1. The SMILES string of the molecule is CCc1ccc(C(N)c2cccc(F)c2Br)o1. The predicted octanol–water partition coefficient (Wildman–Crippen LogP) is 3.79. The van der Waals surface area contributed by atoms with Gasteiger partial charge in [0.05, 0.1) is 10.5 Å². The average Bonchev–Trinajstić information content (AvgIpc) is 2.80. The fourth-order valence-electron chi connectivity index (χ4n) is 1.67. The van der Waals surface area contributed by atoms with Gasteiger partial charge in [0.15, 0.2) is 0 Å². The minimum absolute atomic E-state index is 0.319. The lowest BCUT2D eigenvalue weighted by Gasteiger charge is -2.11. The van der Waals surface area contributed by atoms with Crippen LogP contribution >= 0.6 is 15.9 Å². The summed E-state index contributed by atoms with van der Waals surface area (Å²) in [5.74, 6) is 1.20. The van der Waals surface area contributed by atoms with Crippen LogP contribution in [0.25, 0.3) is 0 Å². The second-order valence-corrected chi connectivity index (χ2v) is 4.57. The maximum absolute atomic E-state index is 13.4. The first-order chi connectivity index (χ1) is 8.13. The zero-order chi connectivity index (χ0) is 12.4. The Balaban J connectivity index is 2.36. The fourth-order valence-corrected chi connectivity index (χ4v) is 2.18. The highest BCUT2D eigenvalue weighted by Crippen LogP contribution is 2.29. The molecule has 2 nitrogen and oxygen atoms in total. The van der Waals surface area contributed by atoms with E-state index in [0.717, 1.165) is 12.2 Å². The van der Waals surface area contributed by atoms with Crippen LogP contribution in [0.5, 0.6) is 0 Å². The lowest BCUT2D eigenvalue weighted by molar-refractivity contribution is 0.453. The molecule has 2 N–H and O–H groups in total. The van der Waals surface area contributed by atoms with Crippen molar-refractivity contribution in [3.05, 3.63) is 57.7 Å². The van der Waals surface area contributed by atoms with Crippen LogP contribution < -0.4 is 5.73 Å². The quantitative estimate of drug-likeness (QED) is 0.936. The number of furan rings is 1. The fraction of sp³-hybridized carbons (Fsp3) is 0.231. The van der Waals surface area contributed by atoms with Gasteiger partial charge in [-0.3, -0.25) is 0 Å². The summed E-state index contributed by atoms with van der Waals surface area (Å²) in [5.41, 5.74) is 6.75. The zero-order valence-corrected chi connectivity index (χ0v) is 11.0. The van der Waals surface area contributed by atoms with Gasteiger partial charge in [0, 0.05) is 6.42 Å². The lowest BCUT2D eigenvalue weighted by Crippen LogP contribution is -2.12. The van der Waals surface area contributed by atoms with Crippen molar-refractivity contribution in [2.75, 3.05) is 0 Å². The van der Waals surface area contributed by atoms with Crippen LogP contribution in [-0.2, 0) is 6.42 Å². The van der Waals surface area contributed by atoms with E-state index in [1.807, 2.05) is 19.1 Å². The third-order valence-corrected chi connectivity index (χ3v) is 3.49. The molecule has 1 aromatic carbocycles. The van der Waals surface area contributed by atoms with Crippen molar-refractivity contribution in [2.45, 2.75) is 19.4 Å². The molecule has 0 aliphatic rings. The molecule has 2 rings (SSSR count). The largest absolute Gasteiger partial charge is 0.464 e. The number of hydrogen-bond acceptors (Lipinski definition) is 2. The second kappa shape index (κ2) is 5.02. The van der Waals surface area contributed by atoms with Crippen molar-refractivity contribution in [1.29, 1.82) is 0 Å². The molecule has 0 aliphatic carbocycles. The summed E-state index contributed by atoms with van der Waals surface area (Å²) >= 11 is 3.21. The van der Waals surface area contributed by atoms with Gasteiger partial charge >= 0.3 is 0 Å². The van der Waals surface area contributed by atoms with E-state index in [-0.39, 0.29) is 5.82 Å². The Morgan fingerprint density at radius 2 is 2.12 bits per heavy atom. The van der Waals surface area contributed by atoms with E-state index < -0.39 is 6.04 Å². The Hall–Kier alpha value is -1.13. The molecule has 1 atom stereocenters. The molecule has 90 valence electrons. The summed E-state index contributed by atoms with van der Waals surface area (Å²) < 4.78 is 19.4. The molecular weight excluding hydrogens is 285 g/mol. The highest BCUT2D eigenvalue weighted by molar-refractivity contribution is 9.10. The monoisotopic (exact) mass is 297 g/mol. The van der Waals surface area contributed by atoms with E-state index in [4.69, 9.17) is 10.2 Å². The highest BCUT2D eigenvalue weighted by atomic mass is 79.9. The predicted molar refractivity (Wildman–Crippen MR) is 68.2 cm³/mol. The number of halogens is 2. The maximum atomic E-state index is 13.4. The minimum Gasteiger partial charge on any atom is -0.464 e. The van der Waals surface area contributed by atoms with Gasteiger partial charge in [0.1, 0.15) is 17.3 Å². The summed E-state index contributed by atoms with van der Waals surface area (Å²) in [6, 6.07) is 8.08. The summed E-state index contributed by atoms with van der Waals surface area (Å²) in [6.07, 6.45) is 0.817. The van der Waals surface area contributed by atoms with Gasteiger partial charge < -0.3 is 10.2 Å². The van der Waals surface area contributed by atoms with Crippen LogP contribution in [0, 0.1) is 5.82 Å². The van der Waals surface area contributed by atoms with Gasteiger partial charge in [-0.05, 0) is 39.7 Å². The molecule has 1 heterocycles. The van der Waals surface area contributed by atoms with E-state index in [2.05, 4.69) is 15.9 Å². The first kappa shape index (κ1) is 12.3. The van der Waals surface area contributed by atoms with Crippen LogP contribution in [-0.4, -0.2) is 0 Å². The van der Waals surface area contributed by atoms with Crippen molar-refractivity contribution >= 4 is 15.9 Å². The molecule has 1 aromatic heterocycles. The van der Waals surface area contributed by atoms with E-state index in [1.165, 1.54) is 6.07 Å². The highest BCUT2D eigenvalue weighted by Gasteiger charge is 2.17. The molecule has 0 saturated carbocycles. The zero-order valence-electron chi connectivity index (χ0n) is 9.41. The summed E-state index contributed by atoms with van der Waals surface area (Å²) in [4.78, 5) is 0. The van der Waals surface area contributed by atoms with E-state index in [0.29, 0.717) is 15.8 Å². The van der Waals surface area contributed by atoms with Crippen molar-refractivity contribution in [3.63, 3.8) is 0 Å². The number of hydrogen-bond donors (Lipinski definition) is 1. The van der Waals surface area contributed by atoms with Gasteiger partial charge in [-0.15, -0.1) is 0 Å². The van der Waals surface area contributed by atoms with Gasteiger partial charge in [0.25, 0.3) is 0 Å². The Morgan fingerprint density at radius 3 is 2.76 bits per heavy atom. The van der Waals surface area contributed by atoms with E-state index in [9.17, 15) is 4.39 Å². The molecule has 2 aromatic rings. The minimum atomic E-state index is -0.458. The molecule has 0 bridgehead atoms. The standard InChI is InChI=1S/C13H13BrFNO/c1-2-8-6-7-11(17-8)13(16)9-4-3-5-10(15)12(9)14/h3-7,13H,2,16H2,1H3. The first-order valence-corrected chi connectivity index (χ1v) is 6.21. The van der Waals surface area contributed by atoms with Crippen LogP contribution in [0.2, 0.25) is 0 Å². The summed E-state index contributed by atoms with van der Waals surface area (Å²) in [5, 5.41) is 0. The molecular formula is C13H13BrFNO. The molecule has 4 heteroatoms. The van der Waals surface area contributed by atoms with Crippen molar-refractivity contribution < 1.29 is 8.81 Å². The molecule has 0 spiro atoms. The third kappa shape index (κ3) is 2.42. The maximum Gasteiger partial charge on any atom is 0.137 e. The Morgan fingerprint density at radius 1 is 1.35 bits per heavy atom. The molecule has 0 saturated heterocycles. The van der Waals surface area contributed by atoms with Crippen molar-refractivity contribution in [1.82, 2.24) is 0 Å². The number of rotatable bonds is 3. The van der Waals surface area contributed by atoms with E-state index >= 15 is 0 Å². The van der Waals surface area contributed by atoms with Crippen LogP contribution in [0.1, 0.15) is 30.0 Å². The topological polar surface area (TPSA) is 39.2 Å². The smallest absolute Gasteiger partial charge is 0.137 e. The van der Waals surface area contributed by atoms with Crippen molar-refractivity contribution in [2.24, 2.45) is 5.73 Å². The summed E-state index contributed by atoms with van der Waals surface area (Å²) in [7, 11) is 0. The van der Waals surface area contributed by atoms with Gasteiger partial charge in [0.2, 0.25) is 0 Å². The van der Waals surface area contributed by atoms with Gasteiger partial charge in [-0.2, -0.15) is 0 Å². The van der Waals surface area contributed by atoms with Crippen molar-refractivity contribution in [3.8, 4) is 0 Å². The third-order valence-electron chi connectivity index (χ3n) is 2.65. The first-order valence-electron chi connectivity index (χ1n) is 5.41.